The van der Waals surface area contributed by atoms with Crippen LogP contribution in [0.2, 0.25) is 0 Å². The molecule has 0 radical (unpaired) electrons. The molecule has 4 amide bonds. The van der Waals surface area contributed by atoms with Crippen LogP contribution in [0.25, 0.3) is 0 Å². The number of hydrogen-bond donors (Lipinski definition) is 1. The maximum Gasteiger partial charge on any atom is 0.261 e. The van der Waals surface area contributed by atoms with E-state index in [1.807, 2.05) is 61.5 Å². The third-order valence-electron chi connectivity index (χ3n) is 8.31. The molecule has 1 saturated carbocycles. The van der Waals surface area contributed by atoms with E-state index in [1.165, 1.54) is 11.3 Å². The average Bonchev–Trinajstić information content (AvgIpc) is 3.25. The molecule has 0 bridgehead atoms. The van der Waals surface area contributed by atoms with E-state index in [0.717, 1.165) is 42.4 Å². The van der Waals surface area contributed by atoms with Gasteiger partial charge in [0.2, 0.25) is 11.8 Å². The Labute approximate surface area is 247 Å². The van der Waals surface area contributed by atoms with Crippen LogP contribution in [-0.4, -0.2) is 52.1 Å². The van der Waals surface area contributed by atoms with Crippen molar-refractivity contribution in [2.45, 2.75) is 76.9 Å². The summed E-state index contributed by atoms with van der Waals surface area (Å²) in [6.07, 6.45) is 6.11. The number of carbonyl (C=O) groups is 4. The summed E-state index contributed by atoms with van der Waals surface area (Å²) < 4.78 is 0. The number of rotatable bonds is 11. The number of aryl methyl sites for hydroxylation is 1. The Morgan fingerprint density at radius 2 is 1.50 bits per heavy atom. The number of nitrogens with one attached hydrogen (secondary N) is 1. The Bertz CT molecular complexity index is 1400. The first-order valence-corrected chi connectivity index (χ1v) is 15.1. The van der Waals surface area contributed by atoms with Crippen molar-refractivity contribution in [3.63, 3.8) is 0 Å². The number of imide groups is 1. The first-order chi connectivity index (χ1) is 20.4. The zero-order valence-corrected chi connectivity index (χ0v) is 24.3. The normalized spacial score (nSPS) is 15.8. The van der Waals surface area contributed by atoms with Crippen LogP contribution in [0.3, 0.4) is 0 Å². The molecule has 1 unspecified atom stereocenters. The molecule has 2 aliphatic rings. The number of benzene rings is 3. The van der Waals surface area contributed by atoms with Gasteiger partial charge in [0.1, 0.15) is 6.04 Å². The third kappa shape index (κ3) is 6.96. The van der Waals surface area contributed by atoms with E-state index in [1.54, 1.807) is 29.2 Å². The van der Waals surface area contributed by atoms with Gasteiger partial charge in [-0.05, 0) is 49.4 Å². The zero-order valence-electron chi connectivity index (χ0n) is 24.3. The van der Waals surface area contributed by atoms with Crippen LogP contribution < -0.4 is 5.32 Å². The van der Waals surface area contributed by atoms with E-state index in [0.29, 0.717) is 30.5 Å². The fourth-order valence-electron chi connectivity index (χ4n) is 6.08. The fraction of sp³-hybridized carbons (Fsp3) is 0.371. The first-order valence-electron chi connectivity index (χ1n) is 15.1. The van der Waals surface area contributed by atoms with Gasteiger partial charge in [0.25, 0.3) is 11.8 Å². The van der Waals surface area contributed by atoms with E-state index < -0.39 is 6.04 Å². The van der Waals surface area contributed by atoms with Crippen molar-refractivity contribution in [1.82, 2.24) is 15.1 Å². The van der Waals surface area contributed by atoms with Gasteiger partial charge in [0, 0.05) is 32.0 Å². The number of amides is 4. The minimum Gasteiger partial charge on any atom is -0.352 e. The summed E-state index contributed by atoms with van der Waals surface area (Å²) in [5.41, 5.74) is 3.81. The summed E-state index contributed by atoms with van der Waals surface area (Å²) in [4.78, 5) is 56.5. The summed E-state index contributed by atoms with van der Waals surface area (Å²) in [5, 5.41) is 3.26. The van der Waals surface area contributed by atoms with Crippen molar-refractivity contribution in [3.8, 4) is 0 Å². The predicted octanol–water partition coefficient (Wildman–Crippen LogP) is 5.46. The molecule has 1 aliphatic heterocycles. The van der Waals surface area contributed by atoms with E-state index in [2.05, 4.69) is 5.32 Å². The lowest BCUT2D eigenvalue weighted by atomic mass is 9.94. The highest BCUT2D eigenvalue weighted by Crippen LogP contribution is 2.24. The van der Waals surface area contributed by atoms with Gasteiger partial charge in [0.05, 0.1) is 11.1 Å². The molecule has 5 rings (SSSR count). The highest BCUT2D eigenvalue weighted by molar-refractivity contribution is 6.21. The Hall–Kier alpha value is -4.26. The Morgan fingerprint density at radius 3 is 2.17 bits per heavy atom. The summed E-state index contributed by atoms with van der Waals surface area (Å²) in [6.45, 7) is 2.45. The standard InChI is InChI=1S/C35H39N3O4/c1-25-12-10-15-27(22-25)24-38(32(39)20-11-21-37-34(41)29-18-8-9-19-30(29)35(37)42)31(23-26-13-4-2-5-14-26)33(40)36-28-16-6-3-7-17-28/h2,4-5,8-10,12-15,18-19,22,28,31H,3,6-7,11,16-17,20-21,23-24H2,1H3,(H,36,40). The third-order valence-corrected chi connectivity index (χ3v) is 8.31. The van der Waals surface area contributed by atoms with Crippen LogP contribution in [0.4, 0.5) is 0 Å². The summed E-state index contributed by atoms with van der Waals surface area (Å²) in [6, 6.07) is 24.0. The second-order valence-electron chi connectivity index (χ2n) is 11.5. The number of hydrogen-bond acceptors (Lipinski definition) is 4. The van der Waals surface area contributed by atoms with Crippen molar-refractivity contribution in [2.24, 2.45) is 0 Å². The molecule has 1 atom stereocenters. The lowest BCUT2D eigenvalue weighted by Crippen LogP contribution is -2.53. The largest absolute Gasteiger partial charge is 0.352 e. The maximum atomic E-state index is 14.0. The Morgan fingerprint density at radius 1 is 0.857 bits per heavy atom. The Balaban J connectivity index is 1.35. The van der Waals surface area contributed by atoms with Crippen LogP contribution in [0.1, 0.15) is 82.4 Å². The number of nitrogens with zero attached hydrogens (tertiary/aromatic N) is 2. The molecule has 0 saturated heterocycles. The van der Waals surface area contributed by atoms with Crippen molar-refractivity contribution < 1.29 is 19.2 Å². The predicted molar refractivity (Wildman–Crippen MR) is 162 cm³/mol. The molecule has 0 aromatic heterocycles. The second-order valence-corrected chi connectivity index (χ2v) is 11.5. The molecule has 42 heavy (non-hydrogen) atoms. The van der Waals surface area contributed by atoms with Crippen molar-refractivity contribution in [3.05, 3.63) is 107 Å². The SMILES string of the molecule is Cc1cccc(CN(C(=O)CCCN2C(=O)c3ccccc3C2=O)C(Cc2ccccc2)C(=O)NC2CCCCC2)c1. The molecule has 0 spiro atoms. The molecule has 3 aromatic carbocycles. The second kappa shape index (κ2) is 13.6. The van der Waals surface area contributed by atoms with Gasteiger partial charge in [-0.3, -0.25) is 24.1 Å². The molecule has 7 nitrogen and oxygen atoms in total. The van der Waals surface area contributed by atoms with Crippen LogP contribution in [0, 0.1) is 6.92 Å². The summed E-state index contributed by atoms with van der Waals surface area (Å²) in [7, 11) is 0. The van der Waals surface area contributed by atoms with E-state index in [-0.39, 0.29) is 42.6 Å². The molecular weight excluding hydrogens is 526 g/mol. The molecule has 1 aliphatic carbocycles. The Kier molecular flexibility index (Phi) is 9.47. The highest BCUT2D eigenvalue weighted by Gasteiger charge is 2.36. The molecule has 1 heterocycles. The molecule has 3 aromatic rings. The van der Waals surface area contributed by atoms with Gasteiger partial charge in [-0.1, -0.05) is 91.6 Å². The van der Waals surface area contributed by atoms with Crippen molar-refractivity contribution in [2.75, 3.05) is 6.54 Å². The highest BCUT2D eigenvalue weighted by atomic mass is 16.2. The molecule has 1 fully saturated rings. The van der Waals surface area contributed by atoms with Gasteiger partial charge in [0.15, 0.2) is 0 Å². The van der Waals surface area contributed by atoms with Gasteiger partial charge in [-0.2, -0.15) is 0 Å². The quantitative estimate of drug-likeness (QED) is 0.313. The zero-order chi connectivity index (χ0) is 29.5. The summed E-state index contributed by atoms with van der Waals surface area (Å²) in [5.74, 6) is -0.957. The van der Waals surface area contributed by atoms with E-state index in [4.69, 9.17) is 0 Å². The lowest BCUT2D eigenvalue weighted by molar-refractivity contribution is -0.141. The average molecular weight is 566 g/mol. The van der Waals surface area contributed by atoms with Gasteiger partial charge < -0.3 is 10.2 Å². The number of carbonyl (C=O) groups excluding carboxylic acids is 4. The molecule has 218 valence electrons. The van der Waals surface area contributed by atoms with Crippen LogP contribution in [0.15, 0.2) is 78.9 Å². The maximum absolute atomic E-state index is 14.0. The number of fused-ring (bicyclic) bond motifs is 1. The van der Waals surface area contributed by atoms with Crippen molar-refractivity contribution >= 4 is 23.6 Å². The minimum absolute atomic E-state index is 0.112. The van der Waals surface area contributed by atoms with Crippen LogP contribution in [0.5, 0.6) is 0 Å². The van der Waals surface area contributed by atoms with E-state index in [9.17, 15) is 19.2 Å². The van der Waals surface area contributed by atoms with E-state index >= 15 is 0 Å². The molecule has 1 N–H and O–H groups in total. The topological polar surface area (TPSA) is 86.8 Å². The first kappa shape index (κ1) is 29.2. The van der Waals surface area contributed by atoms with Gasteiger partial charge in [-0.25, -0.2) is 0 Å². The van der Waals surface area contributed by atoms with Crippen molar-refractivity contribution in [1.29, 1.82) is 0 Å². The van der Waals surface area contributed by atoms with Gasteiger partial charge in [-0.15, -0.1) is 0 Å². The fourth-order valence-corrected chi connectivity index (χ4v) is 6.08. The smallest absolute Gasteiger partial charge is 0.261 e. The monoisotopic (exact) mass is 565 g/mol. The van der Waals surface area contributed by atoms with Crippen LogP contribution in [-0.2, 0) is 22.6 Å². The van der Waals surface area contributed by atoms with Gasteiger partial charge >= 0.3 is 0 Å². The minimum atomic E-state index is -0.693. The lowest BCUT2D eigenvalue weighted by Gasteiger charge is -2.33. The molecule has 7 heteroatoms. The summed E-state index contributed by atoms with van der Waals surface area (Å²) >= 11 is 0. The molecular formula is C35H39N3O4. The van der Waals surface area contributed by atoms with Crippen LogP contribution >= 0.6 is 0 Å².